The normalized spacial score (nSPS) is 16.5. The first-order valence-corrected chi connectivity index (χ1v) is 10.5. The minimum absolute atomic E-state index is 0.147. The lowest BCUT2D eigenvalue weighted by molar-refractivity contribution is -0.139. The van der Waals surface area contributed by atoms with E-state index in [9.17, 15) is 14.4 Å². The van der Waals surface area contributed by atoms with Crippen molar-refractivity contribution in [2.75, 3.05) is 13.2 Å². The Hall–Kier alpha value is -3.35. The molecule has 0 bridgehead atoms. The van der Waals surface area contributed by atoms with E-state index in [0.29, 0.717) is 24.5 Å². The Labute approximate surface area is 181 Å². The Bertz CT molecular complexity index is 984. The van der Waals surface area contributed by atoms with E-state index in [1.807, 2.05) is 18.2 Å². The van der Waals surface area contributed by atoms with E-state index in [1.165, 1.54) is 4.90 Å². The molecule has 7 heteroatoms. The fourth-order valence-corrected chi connectivity index (χ4v) is 3.86. The van der Waals surface area contributed by atoms with Crippen LogP contribution in [0.2, 0.25) is 0 Å². The average Bonchev–Trinajstić information content (AvgIpc) is 3.09. The summed E-state index contributed by atoms with van der Waals surface area (Å²) < 4.78 is 11.3. The van der Waals surface area contributed by atoms with Gasteiger partial charge in [0.15, 0.2) is 11.5 Å². The van der Waals surface area contributed by atoms with E-state index in [0.717, 1.165) is 16.9 Å². The molecule has 2 aliphatic heterocycles. The van der Waals surface area contributed by atoms with Gasteiger partial charge in [-0.15, -0.1) is 0 Å². The number of hydrogen-bond donors (Lipinski definition) is 1. The molecule has 0 saturated carbocycles. The van der Waals surface area contributed by atoms with Gasteiger partial charge in [0, 0.05) is 18.4 Å². The number of ether oxygens (including phenoxy) is 2. The summed E-state index contributed by atoms with van der Waals surface area (Å²) in [5.74, 6) is 1.09. The van der Waals surface area contributed by atoms with E-state index < -0.39 is 0 Å². The number of benzene rings is 2. The van der Waals surface area contributed by atoms with E-state index in [4.69, 9.17) is 9.47 Å². The summed E-state index contributed by atoms with van der Waals surface area (Å²) in [6.45, 7) is 5.39. The monoisotopic (exact) mass is 422 g/mol. The highest BCUT2D eigenvalue weighted by Crippen LogP contribution is 2.34. The molecule has 0 aromatic heterocycles. The molecule has 1 N–H and O–H groups in total. The van der Waals surface area contributed by atoms with Gasteiger partial charge in [-0.2, -0.15) is 0 Å². The Morgan fingerprint density at radius 1 is 0.968 bits per heavy atom. The summed E-state index contributed by atoms with van der Waals surface area (Å²) in [4.78, 5) is 37.8. The van der Waals surface area contributed by atoms with Gasteiger partial charge in [0.2, 0.25) is 11.8 Å². The highest BCUT2D eigenvalue weighted by molar-refractivity contribution is 6.01. The van der Waals surface area contributed by atoms with Crippen molar-refractivity contribution in [2.24, 2.45) is 5.92 Å². The van der Waals surface area contributed by atoms with Crippen LogP contribution in [0.4, 0.5) is 0 Å². The first-order valence-electron chi connectivity index (χ1n) is 10.5. The van der Waals surface area contributed by atoms with Gasteiger partial charge >= 0.3 is 0 Å². The zero-order chi connectivity index (χ0) is 22.0. The molecule has 4 rings (SSSR count). The maximum Gasteiger partial charge on any atom is 0.251 e. The number of hydrogen-bond acceptors (Lipinski definition) is 5. The minimum Gasteiger partial charge on any atom is -0.486 e. The van der Waals surface area contributed by atoms with E-state index >= 15 is 0 Å². The number of carbonyl (C=O) groups is 3. The van der Waals surface area contributed by atoms with Crippen LogP contribution in [0.1, 0.15) is 54.2 Å². The number of nitrogens with one attached hydrogen (secondary N) is 1. The first kappa shape index (κ1) is 20.9. The van der Waals surface area contributed by atoms with E-state index in [2.05, 4.69) is 19.2 Å². The second-order valence-electron chi connectivity index (χ2n) is 8.17. The van der Waals surface area contributed by atoms with Gasteiger partial charge in [0.1, 0.15) is 13.2 Å². The third-order valence-electron chi connectivity index (χ3n) is 5.59. The summed E-state index contributed by atoms with van der Waals surface area (Å²) in [5.41, 5.74) is 2.29. The van der Waals surface area contributed by atoms with Crippen molar-refractivity contribution in [3.63, 3.8) is 0 Å². The SMILES string of the molecule is CC(C)[C@H](NC(=O)c1ccc(CN2C(=O)CCC2=O)cc1)c1ccc2c(c1)OCCO2. The van der Waals surface area contributed by atoms with Crippen LogP contribution < -0.4 is 14.8 Å². The molecule has 1 fully saturated rings. The van der Waals surface area contributed by atoms with E-state index in [-0.39, 0.29) is 49.1 Å². The topological polar surface area (TPSA) is 84.9 Å². The van der Waals surface area contributed by atoms with Gasteiger partial charge < -0.3 is 14.8 Å². The Kier molecular flexibility index (Phi) is 5.93. The molecule has 2 aromatic carbocycles. The van der Waals surface area contributed by atoms with Gasteiger partial charge in [-0.1, -0.05) is 32.0 Å². The number of likely N-dealkylation sites (tertiary alicyclic amines) is 1. The predicted octanol–water partition coefficient (Wildman–Crippen LogP) is 3.23. The summed E-state index contributed by atoms with van der Waals surface area (Å²) >= 11 is 0. The predicted molar refractivity (Wildman–Crippen MR) is 114 cm³/mol. The Balaban J connectivity index is 1.45. The van der Waals surface area contributed by atoms with Crippen LogP contribution in [0.5, 0.6) is 11.5 Å². The molecular weight excluding hydrogens is 396 g/mol. The highest BCUT2D eigenvalue weighted by atomic mass is 16.6. The lowest BCUT2D eigenvalue weighted by Crippen LogP contribution is -2.32. The lowest BCUT2D eigenvalue weighted by Gasteiger charge is -2.25. The summed E-state index contributed by atoms with van der Waals surface area (Å²) in [5, 5.41) is 3.11. The number of imide groups is 1. The molecule has 0 spiro atoms. The molecule has 0 aliphatic carbocycles. The highest BCUT2D eigenvalue weighted by Gasteiger charge is 2.28. The van der Waals surface area contributed by atoms with Crippen LogP contribution >= 0.6 is 0 Å². The third kappa shape index (κ3) is 4.55. The van der Waals surface area contributed by atoms with Crippen molar-refractivity contribution in [1.29, 1.82) is 0 Å². The Morgan fingerprint density at radius 2 is 1.61 bits per heavy atom. The Morgan fingerprint density at radius 3 is 2.26 bits per heavy atom. The van der Waals surface area contributed by atoms with Crippen molar-refractivity contribution in [1.82, 2.24) is 10.2 Å². The number of fused-ring (bicyclic) bond motifs is 1. The molecule has 0 unspecified atom stereocenters. The molecule has 0 radical (unpaired) electrons. The molecule has 2 aromatic rings. The standard InChI is InChI=1S/C24H26N2O5/c1-15(2)23(18-7-8-19-20(13-18)31-12-11-30-19)25-24(29)17-5-3-16(4-6-17)14-26-21(27)9-10-22(26)28/h3-8,13,15,23H,9-12,14H2,1-2H3,(H,25,29)/t23-/m0/s1. The largest absolute Gasteiger partial charge is 0.486 e. The molecule has 1 atom stereocenters. The van der Waals surface area contributed by atoms with Crippen molar-refractivity contribution < 1.29 is 23.9 Å². The van der Waals surface area contributed by atoms with E-state index in [1.54, 1.807) is 24.3 Å². The van der Waals surface area contributed by atoms with Crippen molar-refractivity contribution in [3.05, 3.63) is 59.2 Å². The minimum atomic E-state index is -0.192. The maximum absolute atomic E-state index is 12.9. The number of carbonyl (C=O) groups excluding carboxylic acids is 3. The fraction of sp³-hybridized carbons (Fsp3) is 0.375. The maximum atomic E-state index is 12.9. The zero-order valence-electron chi connectivity index (χ0n) is 17.7. The molecule has 162 valence electrons. The first-order chi connectivity index (χ1) is 14.9. The van der Waals surface area contributed by atoms with Gasteiger partial charge in [-0.25, -0.2) is 0 Å². The van der Waals surface area contributed by atoms with Crippen molar-refractivity contribution in [3.8, 4) is 11.5 Å². The van der Waals surface area contributed by atoms with Crippen LogP contribution in [0, 0.1) is 5.92 Å². The quantitative estimate of drug-likeness (QED) is 0.723. The second-order valence-corrected chi connectivity index (χ2v) is 8.17. The number of rotatable bonds is 6. The molecular formula is C24H26N2O5. The zero-order valence-corrected chi connectivity index (χ0v) is 17.7. The summed E-state index contributed by atoms with van der Waals surface area (Å²) in [6, 6.07) is 12.6. The van der Waals surface area contributed by atoms with Gasteiger partial charge in [0.25, 0.3) is 5.91 Å². The second kappa shape index (κ2) is 8.79. The molecule has 2 aliphatic rings. The summed E-state index contributed by atoms with van der Waals surface area (Å²) in [7, 11) is 0. The molecule has 31 heavy (non-hydrogen) atoms. The van der Waals surface area contributed by atoms with Crippen molar-refractivity contribution in [2.45, 2.75) is 39.3 Å². The van der Waals surface area contributed by atoms with Crippen LogP contribution in [-0.2, 0) is 16.1 Å². The van der Waals surface area contributed by atoms with Gasteiger partial charge in [-0.05, 0) is 41.3 Å². The van der Waals surface area contributed by atoms with Gasteiger partial charge in [-0.3, -0.25) is 19.3 Å². The number of amides is 3. The van der Waals surface area contributed by atoms with Crippen LogP contribution in [0.3, 0.4) is 0 Å². The molecule has 2 heterocycles. The average molecular weight is 422 g/mol. The molecule has 3 amide bonds. The fourth-order valence-electron chi connectivity index (χ4n) is 3.86. The smallest absolute Gasteiger partial charge is 0.251 e. The summed E-state index contributed by atoms with van der Waals surface area (Å²) in [6.07, 6.45) is 0.547. The van der Waals surface area contributed by atoms with Crippen LogP contribution in [-0.4, -0.2) is 35.8 Å². The van der Waals surface area contributed by atoms with Gasteiger partial charge in [0.05, 0.1) is 12.6 Å². The van der Waals surface area contributed by atoms with Crippen LogP contribution in [0.25, 0.3) is 0 Å². The molecule has 7 nitrogen and oxygen atoms in total. The third-order valence-corrected chi connectivity index (χ3v) is 5.59. The molecule has 1 saturated heterocycles. The lowest BCUT2D eigenvalue weighted by atomic mass is 9.95. The van der Waals surface area contributed by atoms with Crippen molar-refractivity contribution >= 4 is 17.7 Å². The van der Waals surface area contributed by atoms with Crippen LogP contribution in [0.15, 0.2) is 42.5 Å². The number of nitrogens with zero attached hydrogens (tertiary/aromatic N) is 1.